The van der Waals surface area contributed by atoms with E-state index in [4.69, 9.17) is 10.2 Å². The summed E-state index contributed by atoms with van der Waals surface area (Å²) >= 11 is 0. The average Bonchev–Trinajstić information content (AvgIpc) is 2.73. The Morgan fingerprint density at radius 3 is 1.39 bits per heavy atom. The molecule has 1 atom stereocenters. The first kappa shape index (κ1) is 29.7. The van der Waals surface area contributed by atoms with E-state index in [1.54, 1.807) is 6.08 Å². The lowest BCUT2D eigenvalue weighted by Gasteiger charge is -2.05. The van der Waals surface area contributed by atoms with Crippen molar-refractivity contribution in [2.24, 2.45) is 5.92 Å². The molecule has 0 amide bonds. The van der Waals surface area contributed by atoms with Gasteiger partial charge in [-0.2, -0.15) is 0 Å². The second-order valence-electron chi connectivity index (χ2n) is 9.10. The van der Waals surface area contributed by atoms with Crippen molar-refractivity contribution in [1.82, 2.24) is 0 Å². The smallest absolute Gasteiger partial charge is 0.310 e. The summed E-state index contributed by atoms with van der Waals surface area (Å²) in [4.78, 5) is 21.7. The summed E-state index contributed by atoms with van der Waals surface area (Å²) in [5.74, 6) is -2.55. The zero-order chi connectivity index (χ0) is 23.0. The summed E-state index contributed by atoms with van der Waals surface area (Å²) in [7, 11) is 0. The van der Waals surface area contributed by atoms with Crippen LogP contribution < -0.4 is 0 Å². The minimum absolute atomic E-state index is 0.0967. The maximum absolute atomic E-state index is 11.1. The molecule has 4 nitrogen and oxygen atoms in total. The zero-order valence-electron chi connectivity index (χ0n) is 20.3. The van der Waals surface area contributed by atoms with Crippen molar-refractivity contribution in [3.8, 4) is 0 Å². The quantitative estimate of drug-likeness (QED) is 0.117. The Morgan fingerprint density at radius 2 is 1.03 bits per heavy atom. The van der Waals surface area contributed by atoms with Gasteiger partial charge in [-0.05, 0) is 19.3 Å². The fraction of sp³-hybridized carbons (Fsp3) is 0.852. The number of carboxylic acids is 2. The molecule has 0 aliphatic carbocycles. The van der Waals surface area contributed by atoms with E-state index in [9.17, 15) is 9.59 Å². The SMILES string of the molecule is CCCCCCCCCCCCCCCCCCCCC=CC(CCC(=O)O)C(=O)O. The Morgan fingerprint density at radius 1 is 0.645 bits per heavy atom. The highest BCUT2D eigenvalue weighted by atomic mass is 16.4. The molecule has 0 saturated carbocycles. The minimum atomic E-state index is -0.942. The summed E-state index contributed by atoms with van der Waals surface area (Å²) < 4.78 is 0. The molecule has 0 rings (SSSR count). The van der Waals surface area contributed by atoms with Crippen LogP contribution in [0.4, 0.5) is 0 Å². The Labute approximate surface area is 191 Å². The van der Waals surface area contributed by atoms with Crippen molar-refractivity contribution in [3.63, 3.8) is 0 Å². The third-order valence-corrected chi connectivity index (χ3v) is 6.08. The molecule has 0 heterocycles. The molecule has 0 spiro atoms. The molecule has 0 aliphatic heterocycles. The topological polar surface area (TPSA) is 74.6 Å². The number of unbranched alkanes of at least 4 members (excludes halogenated alkanes) is 18. The van der Waals surface area contributed by atoms with Gasteiger partial charge in [0, 0.05) is 6.42 Å². The van der Waals surface area contributed by atoms with Crippen molar-refractivity contribution in [2.45, 2.75) is 142 Å². The number of carbonyl (C=O) groups is 2. The summed E-state index contributed by atoms with van der Waals surface area (Å²) in [5.41, 5.74) is 0. The molecule has 0 aliphatic rings. The van der Waals surface area contributed by atoms with E-state index in [1.807, 2.05) is 6.08 Å². The molecule has 0 aromatic rings. The van der Waals surface area contributed by atoms with E-state index < -0.39 is 17.9 Å². The van der Waals surface area contributed by atoms with Crippen LogP contribution >= 0.6 is 0 Å². The van der Waals surface area contributed by atoms with E-state index >= 15 is 0 Å². The van der Waals surface area contributed by atoms with Gasteiger partial charge in [0.1, 0.15) is 0 Å². The van der Waals surface area contributed by atoms with Crippen LogP contribution in [0.2, 0.25) is 0 Å². The number of carboxylic acid groups (broad SMARTS) is 2. The molecule has 182 valence electrons. The van der Waals surface area contributed by atoms with Crippen molar-refractivity contribution in [3.05, 3.63) is 12.2 Å². The lowest BCUT2D eigenvalue weighted by atomic mass is 10.0. The molecule has 0 fully saturated rings. The highest BCUT2D eigenvalue weighted by molar-refractivity contribution is 5.73. The molecule has 31 heavy (non-hydrogen) atoms. The van der Waals surface area contributed by atoms with Crippen molar-refractivity contribution >= 4 is 11.9 Å². The molecule has 0 bridgehead atoms. The highest BCUT2D eigenvalue weighted by Crippen LogP contribution is 2.15. The molecule has 0 aromatic carbocycles. The zero-order valence-corrected chi connectivity index (χ0v) is 20.3. The molecular weight excluding hydrogens is 388 g/mol. The van der Waals surface area contributed by atoms with E-state index in [1.165, 1.54) is 109 Å². The summed E-state index contributed by atoms with van der Waals surface area (Å²) in [5, 5.41) is 17.8. The third-order valence-electron chi connectivity index (χ3n) is 6.08. The highest BCUT2D eigenvalue weighted by Gasteiger charge is 2.14. The van der Waals surface area contributed by atoms with E-state index in [0.29, 0.717) is 0 Å². The molecule has 2 N–H and O–H groups in total. The van der Waals surface area contributed by atoms with Crippen LogP contribution in [0.5, 0.6) is 0 Å². The fourth-order valence-corrected chi connectivity index (χ4v) is 4.01. The van der Waals surface area contributed by atoms with Gasteiger partial charge in [0.25, 0.3) is 0 Å². The lowest BCUT2D eigenvalue weighted by molar-refractivity contribution is -0.141. The third kappa shape index (κ3) is 23.2. The summed E-state index contributed by atoms with van der Waals surface area (Å²) in [6, 6.07) is 0. The fourth-order valence-electron chi connectivity index (χ4n) is 4.01. The lowest BCUT2D eigenvalue weighted by Crippen LogP contribution is -2.12. The average molecular weight is 439 g/mol. The van der Waals surface area contributed by atoms with Gasteiger partial charge in [-0.25, -0.2) is 0 Å². The van der Waals surface area contributed by atoms with E-state index in [2.05, 4.69) is 6.92 Å². The van der Waals surface area contributed by atoms with Crippen LogP contribution in [-0.4, -0.2) is 22.2 Å². The Bertz CT molecular complexity index is 445. The number of rotatable bonds is 24. The van der Waals surface area contributed by atoms with Gasteiger partial charge in [-0.3, -0.25) is 9.59 Å². The Balaban J connectivity index is 3.32. The monoisotopic (exact) mass is 438 g/mol. The predicted octanol–water partition coefficient (Wildman–Crippen LogP) is 8.54. The minimum Gasteiger partial charge on any atom is -0.481 e. The van der Waals surface area contributed by atoms with Crippen LogP contribution in [0.1, 0.15) is 142 Å². The number of aliphatic carboxylic acids is 2. The normalized spacial score (nSPS) is 12.4. The van der Waals surface area contributed by atoms with E-state index in [0.717, 1.165) is 12.8 Å². The molecule has 1 unspecified atom stereocenters. The first-order valence-corrected chi connectivity index (χ1v) is 13.2. The second kappa shape index (κ2) is 23.3. The molecule has 4 heteroatoms. The number of hydrogen-bond acceptors (Lipinski definition) is 2. The van der Waals surface area contributed by atoms with Gasteiger partial charge in [0.05, 0.1) is 5.92 Å². The first-order chi connectivity index (χ1) is 15.1. The second-order valence-corrected chi connectivity index (χ2v) is 9.10. The standard InChI is InChI=1S/C27H50O4/c1-2-3-4-5-6-7-8-9-10-11-12-13-14-15-16-17-18-19-20-21-22-25(27(30)31)23-24-26(28)29/h21-22,25H,2-20,23-24H2,1H3,(H,28,29)(H,30,31). The van der Waals surface area contributed by atoms with Crippen LogP contribution in [0.3, 0.4) is 0 Å². The van der Waals surface area contributed by atoms with Crippen molar-refractivity contribution in [2.75, 3.05) is 0 Å². The Kier molecular flexibility index (Phi) is 22.4. The summed E-state index contributed by atoms with van der Waals surface area (Å²) in [6.45, 7) is 2.28. The molecule has 0 radical (unpaired) electrons. The van der Waals surface area contributed by atoms with Gasteiger partial charge in [-0.1, -0.05) is 128 Å². The Hall–Kier alpha value is -1.32. The first-order valence-electron chi connectivity index (χ1n) is 13.2. The molecule has 0 aromatic heterocycles. The maximum Gasteiger partial charge on any atom is 0.310 e. The van der Waals surface area contributed by atoms with Crippen LogP contribution in [0, 0.1) is 5.92 Å². The predicted molar refractivity (Wildman–Crippen MR) is 131 cm³/mol. The van der Waals surface area contributed by atoms with E-state index in [-0.39, 0.29) is 12.8 Å². The van der Waals surface area contributed by atoms with Crippen molar-refractivity contribution < 1.29 is 19.8 Å². The van der Waals surface area contributed by atoms with Gasteiger partial charge >= 0.3 is 11.9 Å². The van der Waals surface area contributed by atoms with Gasteiger partial charge < -0.3 is 10.2 Å². The number of allylic oxidation sites excluding steroid dienone is 1. The summed E-state index contributed by atoms with van der Waals surface area (Å²) in [6.07, 6.45) is 29.0. The van der Waals surface area contributed by atoms with Crippen LogP contribution in [0.25, 0.3) is 0 Å². The largest absolute Gasteiger partial charge is 0.481 e. The van der Waals surface area contributed by atoms with Gasteiger partial charge in [-0.15, -0.1) is 0 Å². The maximum atomic E-state index is 11.1. The van der Waals surface area contributed by atoms with Crippen LogP contribution in [-0.2, 0) is 9.59 Å². The van der Waals surface area contributed by atoms with Gasteiger partial charge in [0.2, 0.25) is 0 Å². The van der Waals surface area contributed by atoms with Gasteiger partial charge in [0.15, 0.2) is 0 Å². The number of hydrogen-bond donors (Lipinski definition) is 2. The molecular formula is C27H50O4. The van der Waals surface area contributed by atoms with Crippen molar-refractivity contribution in [1.29, 1.82) is 0 Å². The van der Waals surface area contributed by atoms with Crippen LogP contribution in [0.15, 0.2) is 12.2 Å². The molecule has 0 saturated heterocycles.